The van der Waals surface area contributed by atoms with E-state index in [1.165, 1.54) is 0 Å². The van der Waals surface area contributed by atoms with Crippen molar-refractivity contribution < 1.29 is 0 Å². The van der Waals surface area contributed by atoms with Gasteiger partial charge >= 0.3 is 0 Å². The molecule has 0 amide bonds. The summed E-state index contributed by atoms with van der Waals surface area (Å²) in [6.45, 7) is 10.9. The average Bonchev–Trinajstić information content (AvgIpc) is 2.17. The second kappa shape index (κ2) is 8.96. The van der Waals surface area contributed by atoms with E-state index in [1.807, 2.05) is 18.2 Å². The van der Waals surface area contributed by atoms with Crippen LogP contribution in [-0.2, 0) is 0 Å². The molecule has 0 aliphatic carbocycles. The lowest BCUT2D eigenvalue weighted by Gasteiger charge is -1.98. The van der Waals surface area contributed by atoms with Gasteiger partial charge in [-0.25, -0.2) is 0 Å². The Morgan fingerprint density at radius 1 is 0.615 bits per heavy atom. The Morgan fingerprint density at radius 2 is 0.923 bits per heavy atom. The summed E-state index contributed by atoms with van der Waals surface area (Å²) in [5.74, 6) is 6.34. The van der Waals surface area contributed by atoms with Gasteiger partial charge in [-0.2, -0.15) is 0 Å². The van der Waals surface area contributed by atoms with Crippen molar-refractivity contribution in [2.45, 2.75) is 0 Å². The fourth-order valence-corrected chi connectivity index (χ4v) is 1.89. The van der Waals surface area contributed by atoms with Crippen LogP contribution in [0, 0.1) is 0 Å². The van der Waals surface area contributed by atoms with Crippen LogP contribution in [0.1, 0.15) is 0 Å². The van der Waals surface area contributed by atoms with Crippen molar-refractivity contribution >= 4 is 7.92 Å². The lowest BCUT2D eigenvalue weighted by atomic mass is 10.6. The van der Waals surface area contributed by atoms with Gasteiger partial charge in [0.25, 0.3) is 0 Å². The third-order valence-electron chi connectivity index (χ3n) is 1.18. The Hall–Kier alpha value is -1.13. The topological polar surface area (TPSA) is 0 Å². The molecule has 0 saturated heterocycles. The Bertz CT molecular complexity index is 201. The fourth-order valence-electron chi connectivity index (χ4n) is 0.630. The molecule has 0 aliphatic heterocycles. The molecule has 0 spiro atoms. The van der Waals surface area contributed by atoms with Crippen molar-refractivity contribution in [3.05, 3.63) is 73.6 Å². The zero-order valence-corrected chi connectivity index (χ0v) is 8.66. The highest BCUT2D eigenvalue weighted by molar-refractivity contribution is 7.67. The van der Waals surface area contributed by atoms with Crippen LogP contribution >= 0.6 is 7.92 Å². The summed E-state index contributed by atoms with van der Waals surface area (Å²) < 4.78 is 0. The van der Waals surface area contributed by atoms with E-state index in [-0.39, 0.29) is 7.92 Å². The second-order valence-corrected chi connectivity index (χ2v) is 3.97. The van der Waals surface area contributed by atoms with E-state index < -0.39 is 0 Å². The number of hydrogen-bond donors (Lipinski definition) is 0. The minimum absolute atomic E-state index is 0.334. The monoisotopic (exact) mass is 190 g/mol. The molecule has 0 aromatic heterocycles. The highest BCUT2D eigenvalue weighted by Crippen LogP contribution is 2.40. The van der Waals surface area contributed by atoms with E-state index in [4.69, 9.17) is 0 Å². The van der Waals surface area contributed by atoms with Gasteiger partial charge in [-0.15, -0.1) is 0 Å². The zero-order chi connectivity index (χ0) is 9.94. The van der Waals surface area contributed by atoms with Crippen LogP contribution in [0.3, 0.4) is 0 Å². The Balaban J connectivity index is 4.33. The molecule has 0 atom stereocenters. The first-order valence-electron chi connectivity index (χ1n) is 4.00. The molecule has 0 aromatic carbocycles. The minimum atomic E-state index is -0.334. The quantitative estimate of drug-likeness (QED) is 0.425. The standard InChI is InChI=1S/C12H15P/c1-4-7-10-13(11-8-5-2)12-9-6-3/h4-12H,1-3H2. The van der Waals surface area contributed by atoms with Crippen LogP contribution in [0.25, 0.3) is 0 Å². The third-order valence-corrected chi connectivity index (χ3v) is 2.73. The molecule has 0 rings (SSSR count). The normalized spacial score (nSPS) is 13.8. The van der Waals surface area contributed by atoms with E-state index in [0.29, 0.717) is 0 Å². The molecule has 0 radical (unpaired) electrons. The molecule has 0 aliphatic rings. The Morgan fingerprint density at radius 3 is 1.15 bits per heavy atom. The molecular formula is C12H15P. The number of rotatable bonds is 6. The summed E-state index contributed by atoms with van der Waals surface area (Å²) in [7, 11) is -0.334. The summed E-state index contributed by atoms with van der Waals surface area (Å²) in [5, 5.41) is 0. The summed E-state index contributed by atoms with van der Waals surface area (Å²) in [6, 6.07) is 0. The number of allylic oxidation sites excluding steroid dienone is 6. The molecule has 0 heterocycles. The lowest BCUT2D eigenvalue weighted by Crippen LogP contribution is -1.57. The smallest absolute Gasteiger partial charge is 0.0358 e. The summed E-state index contributed by atoms with van der Waals surface area (Å²) in [6.07, 6.45) is 11.2. The van der Waals surface area contributed by atoms with Crippen LogP contribution in [0.15, 0.2) is 73.6 Å². The largest absolute Gasteiger partial charge is 0.0991 e. The van der Waals surface area contributed by atoms with Gasteiger partial charge in [-0.05, 0) is 7.92 Å². The van der Waals surface area contributed by atoms with Gasteiger partial charge in [0, 0.05) is 0 Å². The maximum absolute atomic E-state index is 3.63. The third kappa shape index (κ3) is 7.24. The SMILES string of the molecule is C=CC=CP(C=CC=C)C=CC=C. The van der Waals surface area contributed by atoms with Crippen molar-refractivity contribution in [3.63, 3.8) is 0 Å². The van der Waals surface area contributed by atoms with Gasteiger partial charge < -0.3 is 0 Å². The first kappa shape index (κ1) is 11.9. The first-order valence-corrected chi connectivity index (χ1v) is 5.55. The van der Waals surface area contributed by atoms with Crippen LogP contribution in [0.4, 0.5) is 0 Å². The molecule has 0 saturated carbocycles. The maximum atomic E-state index is 3.63. The van der Waals surface area contributed by atoms with Crippen LogP contribution in [0.2, 0.25) is 0 Å². The number of hydrogen-bond acceptors (Lipinski definition) is 0. The van der Waals surface area contributed by atoms with Gasteiger partial charge in [0.2, 0.25) is 0 Å². The zero-order valence-electron chi connectivity index (χ0n) is 7.76. The molecule has 0 fully saturated rings. The maximum Gasteiger partial charge on any atom is -0.0358 e. The summed E-state index contributed by atoms with van der Waals surface area (Å²) >= 11 is 0. The van der Waals surface area contributed by atoms with Gasteiger partial charge in [-0.1, -0.05) is 73.6 Å². The molecule has 0 N–H and O–H groups in total. The van der Waals surface area contributed by atoms with Crippen molar-refractivity contribution in [3.8, 4) is 0 Å². The summed E-state index contributed by atoms with van der Waals surface area (Å²) in [5.41, 5.74) is 0. The van der Waals surface area contributed by atoms with E-state index in [2.05, 4.69) is 37.2 Å². The average molecular weight is 190 g/mol. The lowest BCUT2D eigenvalue weighted by molar-refractivity contribution is 2.04. The fraction of sp³-hybridized carbons (Fsp3) is 0. The Labute approximate surface area is 82.1 Å². The van der Waals surface area contributed by atoms with Gasteiger partial charge in [0.15, 0.2) is 0 Å². The van der Waals surface area contributed by atoms with Gasteiger partial charge in [-0.3, -0.25) is 0 Å². The van der Waals surface area contributed by atoms with Crippen molar-refractivity contribution in [1.29, 1.82) is 0 Å². The molecule has 0 bridgehead atoms. The molecule has 68 valence electrons. The predicted octanol–water partition coefficient (Wildman–Crippen LogP) is 4.57. The molecule has 0 nitrogen and oxygen atoms in total. The van der Waals surface area contributed by atoms with Gasteiger partial charge in [0.05, 0.1) is 0 Å². The van der Waals surface area contributed by atoms with Crippen molar-refractivity contribution in [2.75, 3.05) is 0 Å². The van der Waals surface area contributed by atoms with E-state index in [9.17, 15) is 0 Å². The Kier molecular flexibility index (Phi) is 8.18. The highest BCUT2D eigenvalue weighted by Gasteiger charge is 1.89. The van der Waals surface area contributed by atoms with E-state index in [1.54, 1.807) is 18.2 Å². The van der Waals surface area contributed by atoms with Crippen molar-refractivity contribution in [2.24, 2.45) is 0 Å². The van der Waals surface area contributed by atoms with Crippen LogP contribution in [0.5, 0.6) is 0 Å². The van der Waals surface area contributed by atoms with Crippen molar-refractivity contribution in [1.82, 2.24) is 0 Å². The molecule has 13 heavy (non-hydrogen) atoms. The van der Waals surface area contributed by atoms with E-state index in [0.717, 1.165) is 0 Å². The molecule has 0 unspecified atom stereocenters. The van der Waals surface area contributed by atoms with Crippen LogP contribution < -0.4 is 0 Å². The minimum Gasteiger partial charge on any atom is -0.0991 e. The first-order chi connectivity index (χ1) is 6.35. The second-order valence-electron chi connectivity index (χ2n) is 2.18. The van der Waals surface area contributed by atoms with E-state index >= 15 is 0 Å². The summed E-state index contributed by atoms with van der Waals surface area (Å²) in [4.78, 5) is 0. The molecule has 1 heteroatoms. The highest BCUT2D eigenvalue weighted by atomic mass is 31.1. The molecular weight excluding hydrogens is 175 g/mol. The van der Waals surface area contributed by atoms with Crippen LogP contribution in [-0.4, -0.2) is 0 Å². The molecule has 0 aromatic rings. The predicted molar refractivity (Wildman–Crippen MR) is 64.9 cm³/mol. The van der Waals surface area contributed by atoms with Gasteiger partial charge in [0.1, 0.15) is 0 Å².